The van der Waals surface area contributed by atoms with Crippen LogP contribution in [-0.2, 0) is 0 Å². The molecule has 0 aliphatic rings. The van der Waals surface area contributed by atoms with Crippen LogP contribution in [0.15, 0.2) is 71.2 Å². The molecular formula is C14H10N6. The molecule has 3 aromatic rings. The van der Waals surface area contributed by atoms with Crippen LogP contribution in [0.1, 0.15) is 0 Å². The maximum absolute atomic E-state index is 4.10. The Balaban J connectivity index is 1.97. The lowest BCUT2D eigenvalue weighted by atomic mass is 10.1. The van der Waals surface area contributed by atoms with Gasteiger partial charge in [0.25, 0.3) is 0 Å². The minimum absolute atomic E-state index is 0.428. The van der Waals surface area contributed by atoms with Gasteiger partial charge in [-0.15, -0.1) is 20.4 Å². The molecule has 96 valence electrons. The lowest BCUT2D eigenvalue weighted by Gasteiger charge is -2.02. The summed E-state index contributed by atoms with van der Waals surface area (Å²) in [6, 6.07) is 15.2. The number of hydrogen-bond acceptors (Lipinski definition) is 6. The highest BCUT2D eigenvalue weighted by molar-refractivity contribution is 5.72. The molecule has 0 fully saturated rings. The van der Waals surface area contributed by atoms with Gasteiger partial charge in [0.05, 0.1) is 6.20 Å². The molecule has 20 heavy (non-hydrogen) atoms. The molecule has 0 aliphatic heterocycles. The van der Waals surface area contributed by atoms with Crippen molar-refractivity contribution in [1.82, 2.24) is 20.4 Å². The first-order chi connectivity index (χ1) is 9.93. The predicted octanol–water partition coefficient (Wildman–Crippen LogP) is 3.35. The zero-order valence-corrected chi connectivity index (χ0v) is 10.5. The molecular weight excluding hydrogens is 252 g/mol. The highest BCUT2D eigenvalue weighted by Gasteiger charge is 2.05. The average molecular weight is 262 g/mol. The number of rotatable bonds is 3. The van der Waals surface area contributed by atoms with E-state index < -0.39 is 0 Å². The van der Waals surface area contributed by atoms with Crippen LogP contribution in [0, 0.1) is 0 Å². The van der Waals surface area contributed by atoms with Gasteiger partial charge in [-0.2, -0.15) is 10.2 Å². The Bertz CT molecular complexity index is 712. The molecule has 2 aromatic heterocycles. The number of nitrogens with zero attached hydrogens (tertiary/aromatic N) is 6. The molecule has 6 heteroatoms. The Hall–Kier alpha value is -3.02. The van der Waals surface area contributed by atoms with E-state index in [2.05, 4.69) is 30.6 Å². The van der Waals surface area contributed by atoms with Crippen molar-refractivity contribution < 1.29 is 0 Å². The Labute approximate surface area is 115 Å². The minimum Gasteiger partial charge on any atom is -0.157 e. The van der Waals surface area contributed by atoms with Crippen LogP contribution in [-0.4, -0.2) is 20.4 Å². The third kappa shape index (κ3) is 2.69. The van der Waals surface area contributed by atoms with Gasteiger partial charge < -0.3 is 0 Å². The fourth-order valence-corrected chi connectivity index (χ4v) is 1.69. The van der Waals surface area contributed by atoms with Crippen molar-refractivity contribution >= 4 is 11.6 Å². The van der Waals surface area contributed by atoms with E-state index in [0.29, 0.717) is 11.6 Å². The normalized spacial score (nSPS) is 10.8. The van der Waals surface area contributed by atoms with Crippen molar-refractivity contribution in [3.63, 3.8) is 0 Å². The van der Waals surface area contributed by atoms with Gasteiger partial charge in [-0.05, 0) is 23.8 Å². The van der Waals surface area contributed by atoms with Crippen LogP contribution < -0.4 is 0 Å². The zero-order chi connectivity index (χ0) is 13.6. The summed E-state index contributed by atoms with van der Waals surface area (Å²) in [5.41, 5.74) is 1.88. The Morgan fingerprint density at radius 2 is 1.55 bits per heavy atom. The summed E-state index contributed by atoms with van der Waals surface area (Å²) in [6.07, 6.45) is 3.21. The van der Waals surface area contributed by atoms with Crippen LogP contribution in [0.5, 0.6) is 0 Å². The van der Waals surface area contributed by atoms with E-state index in [1.807, 2.05) is 36.4 Å². The summed E-state index contributed by atoms with van der Waals surface area (Å²) >= 11 is 0. The van der Waals surface area contributed by atoms with Crippen LogP contribution in [0.2, 0.25) is 0 Å². The Kier molecular flexibility index (Phi) is 3.46. The van der Waals surface area contributed by atoms with Crippen molar-refractivity contribution in [1.29, 1.82) is 0 Å². The summed E-state index contributed by atoms with van der Waals surface area (Å²) in [5, 5.41) is 23.5. The van der Waals surface area contributed by atoms with Gasteiger partial charge in [-0.1, -0.05) is 30.3 Å². The largest absolute Gasteiger partial charge is 0.204 e. The van der Waals surface area contributed by atoms with Crippen molar-refractivity contribution in [2.75, 3.05) is 0 Å². The van der Waals surface area contributed by atoms with Crippen LogP contribution in [0.25, 0.3) is 11.1 Å². The van der Waals surface area contributed by atoms with E-state index in [1.165, 1.54) is 0 Å². The van der Waals surface area contributed by atoms with Crippen molar-refractivity contribution in [2.24, 2.45) is 10.2 Å². The lowest BCUT2D eigenvalue weighted by Crippen LogP contribution is -1.85. The summed E-state index contributed by atoms with van der Waals surface area (Å²) in [6.45, 7) is 0. The van der Waals surface area contributed by atoms with E-state index in [-0.39, 0.29) is 0 Å². The van der Waals surface area contributed by atoms with E-state index >= 15 is 0 Å². The van der Waals surface area contributed by atoms with Crippen LogP contribution >= 0.6 is 0 Å². The molecule has 3 rings (SSSR count). The van der Waals surface area contributed by atoms with Gasteiger partial charge >= 0.3 is 0 Å². The predicted molar refractivity (Wildman–Crippen MR) is 73.7 cm³/mol. The smallest absolute Gasteiger partial charge is 0.157 e. The van der Waals surface area contributed by atoms with Crippen molar-refractivity contribution in [3.8, 4) is 11.1 Å². The Morgan fingerprint density at radius 3 is 2.35 bits per heavy atom. The number of benzene rings is 1. The fourth-order valence-electron chi connectivity index (χ4n) is 1.69. The Morgan fingerprint density at radius 1 is 0.700 bits per heavy atom. The second-order valence-corrected chi connectivity index (χ2v) is 3.92. The molecule has 0 bridgehead atoms. The van der Waals surface area contributed by atoms with Crippen LogP contribution in [0.4, 0.5) is 11.6 Å². The van der Waals surface area contributed by atoms with Crippen molar-refractivity contribution in [3.05, 3.63) is 60.9 Å². The highest BCUT2D eigenvalue weighted by Crippen LogP contribution is 2.27. The SMILES string of the molecule is c1ccc(-c2ccnnc2N=Nc2cccnn2)cc1. The van der Waals surface area contributed by atoms with Gasteiger partial charge in [-0.25, -0.2) is 0 Å². The van der Waals surface area contributed by atoms with E-state index in [9.17, 15) is 0 Å². The van der Waals surface area contributed by atoms with Gasteiger partial charge in [-0.3, -0.25) is 0 Å². The minimum atomic E-state index is 0.428. The molecule has 0 saturated heterocycles. The quantitative estimate of drug-likeness (QED) is 0.678. The van der Waals surface area contributed by atoms with Gasteiger partial charge in [0.15, 0.2) is 5.82 Å². The van der Waals surface area contributed by atoms with E-state index in [1.54, 1.807) is 24.5 Å². The second kappa shape index (κ2) is 5.75. The zero-order valence-electron chi connectivity index (χ0n) is 10.5. The number of aromatic nitrogens is 4. The molecule has 0 unspecified atom stereocenters. The van der Waals surface area contributed by atoms with Gasteiger partial charge in [0, 0.05) is 11.8 Å². The maximum atomic E-state index is 4.10. The lowest BCUT2D eigenvalue weighted by molar-refractivity contribution is 0.969. The molecule has 0 spiro atoms. The topological polar surface area (TPSA) is 76.3 Å². The summed E-state index contributed by atoms with van der Waals surface area (Å²) in [7, 11) is 0. The molecule has 0 atom stereocenters. The molecule has 0 N–H and O–H groups in total. The molecule has 1 aromatic carbocycles. The van der Waals surface area contributed by atoms with Crippen molar-refractivity contribution in [2.45, 2.75) is 0 Å². The third-order valence-corrected chi connectivity index (χ3v) is 2.59. The molecule has 0 aliphatic carbocycles. The fraction of sp³-hybridized carbons (Fsp3) is 0. The first-order valence-electron chi connectivity index (χ1n) is 6.00. The monoisotopic (exact) mass is 262 g/mol. The second-order valence-electron chi connectivity index (χ2n) is 3.92. The summed E-state index contributed by atoms with van der Waals surface area (Å²) in [4.78, 5) is 0. The van der Waals surface area contributed by atoms with Gasteiger partial charge in [0.1, 0.15) is 0 Å². The third-order valence-electron chi connectivity index (χ3n) is 2.59. The first-order valence-corrected chi connectivity index (χ1v) is 6.00. The molecule has 0 saturated carbocycles. The highest BCUT2D eigenvalue weighted by atomic mass is 15.3. The summed E-state index contributed by atoms with van der Waals surface area (Å²) in [5.74, 6) is 0.876. The first kappa shape index (κ1) is 12.0. The summed E-state index contributed by atoms with van der Waals surface area (Å²) < 4.78 is 0. The molecule has 6 nitrogen and oxygen atoms in total. The molecule has 0 amide bonds. The van der Waals surface area contributed by atoms with E-state index in [4.69, 9.17) is 0 Å². The van der Waals surface area contributed by atoms with E-state index in [0.717, 1.165) is 11.1 Å². The van der Waals surface area contributed by atoms with Gasteiger partial charge in [0.2, 0.25) is 5.82 Å². The molecule has 0 radical (unpaired) electrons. The standard InChI is InChI=1S/C14H10N6/c1-2-5-11(6-3-1)12-8-10-16-19-14(12)20-18-13-7-4-9-15-17-13/h1-10H. The number of azo groups is 1. The molecule has 2 heterocycles. The van der Waals surface area contributed by atoms with Crippen LogP contribution in [0.3, 0.4) is 0 Å². The number of hydrogen-bond donors (Lipinski definition) is 0. The average Bonchev–Trinajstić information content (AvgIpc) is 2.55. The maximum Gasteiger partial charge on any atom is 0.204 e.